The molecule has 2 heteroatoms. The molecular weight excluding hydrogens is 174 g/mol. The van der Waals surface area contributed by atoms with Crippen molar-refractivity contribution in [2.45, 2.75) is 58.4 Å². The van der Waals surface area contributed by atoms with E-state index < -0.39 is 0 Å². The zero-order valence-electron chi connectivity index (χ0n) is 9.31. The Balaban J connectivity index is 2.37. The van der Waals surface area contributed by atoms with E-state index in [0.29, 0.717) is 12.5 Å². The first-order valence-electron chi connectivity index (χ1n) is 5.72. The Morgan fingerprint density at radius 3 is 3.07 bits per heavy atom. The monoisotopic (exact) mass is 195 g/mol. The molecule has 1 N–H and O–H groups in total. The Morgan fingerprint density at radius 1 is 1.64 bits per heavy atom. The van der Waals surface area contributed by atoms with E-state index in [2.05, 4.69) is 19.2 Å². The highest BCUT2D eigenvalue weighted by molar-refractivity contribution is 5.90. The fourth-order valence-electron chi connectivity index (χ4n) is 1.79. The third-order valence-electron chi connectivity index (χ3n) is 2.63. The second-order valence-electron chi connectivity index (χ2n) is 4.18. The van der Waals surface area contributed by atoms with Crippen LogP contribution in [0.15, 0.2) is 11.8 Å². The molecular formula is C12H21NO. The number of ketones is 1. The van der Waals surface area contributed by atoms with Gasteiger partial charge in [0.2, 0.25) is 0 Å². The summed E-state index contributed by atoms with van der Waals surface area (Å²) < 4.78 is 0. The molecule has 14 heavy (non-hydrogen) atoms. The minimum atomic E-state index is 0.281. The SMILES string of the molecule is CCCCC(=O)/C=C1/CCCC(C)N1. The minimum Gasteiger partial charge on any atom is -0.386 e. The summed E-state index contributed by atoms with van der Waals surface area (Å²) in [6.45, 7) is 4.28. The predicted molar refractivity (Wildman–Crippen MR) is 59.1 cm³/mol. The van der Waals surface area contributed by atoms with Crippen molar-refractivity contribution in [2.75, 3.05) is 0 Å². The first-order chi connectivity index (χ1) is 6.72. The van der Waals surface area contributed by atoms with Crippen LogP contribution in [0.5, 0.6) is 0 Å². The largest absolute Gasteiger partial charge is 0.386 e. The molecule has 1 unspecified atom stereocenters. The van der Waals surface area contributed by atoms with Crippen LogP contribution in [0.25, 0.3) is 0 Å². The first kappa shape index (κ1) is 11.3. The van der Waals surface area contributed by atoms with Crippen LogP contribution < -0.4 is 5.32 Å². The number of allylic oxidation sites excluding steroid dienone is 2. The molecule has 0 saturated carbocycles. The molecule has 1 heterocycles. The van der Waals surface area contributed by atoms with E-state index in [1.807, 2.05) is 6.08 Å². The fraction of sp³-hybridized carbons (Fsp3) is 0.750. The lowest BCUT2D eigenvalue weighted by Gasteiger charge is -2.23. The molecule has 1 rings (SSSR count). The Labute approximate surface area is 86.8 Å². The van der Waals surface area contributed by atoms with Gasteiger partial charge in [0.1, 0.15) is 0 Å². The predicted octanol–water partition coefficient (Wildman–Crippen LogP) is 2.79. The topological polar surface area (TPSA) is 29.1 Å². The average Bonchev–Trinajstić information content (AvgIpc) is 2.15. The number of nitrogens with one attached hydrogen (secondary N) is 1. The van der Waals surface area contributed by atoms with E-state index in [1.165, 1.54) is 12.8 Å². The number of unbranched alkanes of at least 4 members (excludes halogenated alkanes) is 1. The number of piperidine rings is 1. The zero-order chi connectivity index (χ0) is 10.4. The van der Waals surface area contributed by atoms with Crippen LogP contribution in [0.1, 0.15) is 52.4 Å². The first-order valence-corrected chi connectivity index (χ1v) is 5.72. The van der Waals surface area contributed by atoms with Crippen LogP contribution in [-0.2, 0) is 4.79 Å². The molecule has 1 saturated heterocycles. The van der Waals surface area contributed by atoms with Crippen LogP contribution in [0.3, 0.4) is 0 Å². The van der Waals surface area contributed by atoms with Gasteiger partial charge < -0.3 is 5.32 Å². The highest BCUT2D eigenvalue weighted by atomic mass is 16.1. The van der Waals surface area contributed by atoms with Gasteiger partial charge in [-0.15, -0.1) is 0 Å². The molecule has 80 valence electrons. The lowest BCUT2D eigenvalue weighted by Crippen LogP contribution is -2.29. The Kier molecular flexibility index (Phi) is 4.71. The Morgan fingerprint density at radius 2 is 2.43 bits per heavy atom. The van der Waals surface area contributed by atoms with Crippen LogP contribution in [0, 0.1) is 0 Å². The second-order valence-corrected chi connectivity index (χ2v) is 4.18. The Hall–Kier alpha value is -0.790. The van der Waals surface area contributed by atoms with Gasteiger partial charge in [-0.1, -0.05) is 13.3 Å². The molecule has 1 atom stereocenters. The zero-order valence-corrected chi connectivity index (χ0v) is 9.31. The van der Waals surface area contributed by atoms with E-state index in [9.17, 15) is 4.79 Å². The van der Waals surface area contributed by atoms with Crippen LogP contribution in [0.4, 0.5) is 0 Å². The van der Waals surface area contributed by atoms with Crippen LogP contribution in [-0.4, -0.2) is 11.8 Å². The molecule has 0 aliphatic carbocycles. The highest BCUT2D eigenvalue weighted by Crippen LogP contribution is 2.15. The summed E-state index contributed by atoms with van der Waals surface area (Å²) in [5.41, 5.74) is 1.14. The number of carbonyl (C=O) groups is 1. The van der Waals surface area contributed by atoms with E-state index >= 15 is 0 Å². The molecule has 1 aliphatic rings. The van der Waals surface area contributed by atoms with Crippen molar-refractivity contribution in [1.82, 2.24) is 5.32 Å². The fourth-order valence-corrected chi connectivity index (χ4v) is 1.79. The third-order valence-corrected chi connectivity index (χ3v) is 2.63. The lowest BCUT2D eigenvalue weighted by molar-refractivity contribution is -0.114. The summed E-state index contributed by atoms with van der Waals surface area (Å²) in [4.78, 5) is 11.5. The van der Waals surface area contributed by atoms with Gasteiger partial charge in [0, 0.05) is 24.2 Å². The van der Waals surface area contributed by atoms with E-state index in [1.54, 1.807) is 0 Å². The van der Waals surface area contributed by atoms with Gasteiger partial charge in [0.05, 0.1) is 0 Å². The van der Waals surface area contributed by atoms with Gasteiger partial charge in [-0.25, -0.2) is 0 Å². The molecule has 0 aromatic heterocycles. The maximum absolute atomic E-state index is 11.5. The molecule has 0 aromatic rings. The summed E-state index contributed by atoms with van der Waals surface area (Å²) in [7, 11) is 0. The molecule has 2 nitrogen and oxygen atoms in total. The molecule has 0 bridgehead atoms. The van der Waals surface area contributed by atoms with Gasteiger partial charge in [0.25, 0.3) is 0 Å². The van der Waals surface area contributed by atoms with Gasteiger partial charge in [-0.3, -0.25) is 4.79 Å². The number of hydrogen-bond acceptors (Lipinski definition) is 2. The summed E-state index contributed by atoms with van der Waals surface area (Å²) in [5, 5.41) is 3.36. The number of rotatable bonds is 4. The lowest BCUT2D eigenvalue weighted by atomic mass is 10.0. The van der Waals surface area contributed by atoms with Crippen molar-refractivity contribution in [3.05, 3.63) is 11.8 Å². The number of carbonyl (C=O) groups excluding carboxylic acids is 1. The van der Waals surface area contributed by atoms with Crippen molar-refractivity contribution in [3.8, 4) is 0 Å². The Bertz CT molecular complexity index is 220. The van der Waals surface area contributed by atoms with Crippen molar-refractivity contribution >= 4 is 5.78 Å². The maximum Gasteiger partial charge on any atom is 0.157 e. The smallest absolute Gasteiger partial charge is 0.157 e. The minimum absolute atomic E-state index is 0.281. The molecule has 0 radical (unpaired) electrons. The molecule has 1 aliphatic heterocycles. The third kappa shape index (κ3) is 3.95. The van der Waals surface area contributed by atoms with E-state index in [-0.39, 0.29) is 5.78 Å². The standard InChI is InChI=1S/C12H21NO/c1-3-4-8-12(14)9-11-7-5-6-10(2)13-11/h9-10,13H,3-8H2,1-2H3/b11-9-. The summed E-state index contributed by atoms with van der Waals surface area (Å²) in [6.07, 6.45) is 8.10. The van der Waals surface area contributed by atoms with Crippen molar-refractivity contribution in [2.24, 2.45) is 0 Å². The summed E-state index contributed by atoms with van der Waals surface area (Å²) in [5.74, 6) is 0.281. The molecule has 0 spiro atoms. The quantitative estimate of drug-likeness (QED) is 0.699. The number of hydrogen-bond donors (Lipinski definition) is 1. The van der Waals surface area contributed by atoms with Crippen molar-refractivity contribution in [1.29, 1.82) is 0 Å². The maximum atomic E-state index is 11.5. The van der Waals surface area contributed by atoms with Gasteiger partial charge in [-0.2, -0.15) is 0 Å². The van der Waals surface area contributed by atoms with Crippen molar-refractivity contribution in [3.63, 3.8) is 0 Å². The van der Waals surface area contributed by atoms with E-state index in [4.69, 9.17) is 0 Å². The highest BCUT2D eigenvalue weighted by Gasteiger charge is 2.11. The van der Waals surface area contributed by atoms with E-state index in [0.717, 1.165) is 25.0 Å². The second kappa shape index (κ2) is 5.84. The van der Waals surface area contributed by atoms with Gasteiger partial charge in [0.15, 0.2) is 5.78 Å². The van der Waals surface area contributed by atoms with Gasteiger partial charge >= 0.3 is 0 Å². The molecule has 0 amide bonds. The summed E-state index contributed by atoms with van der Waals surface area (Å²) in [6, 6.07) is 0.536. The average molecular weight is 195 g/mol. The summed E-state index contributed by atoms with van der Waals surface area (Å²) >= 11 is 0. The van der Waals surface area contributed by atoms with Crippen molar-refractivity contribution < 1.29 is 4.79 Å². The molecule has 1 fully saturated rings. The van der Waals surface area contributed by atoms with Crippen LogP contribution >= 0.6 is 0 Å². The molecule has 0 aromatic carbocycles. The normalized spacial score (nSPS) is 24.7. The van der Waals surface area contributed by atoms with Crippen LogP contribution in [0.2, 0.25) is 0 Å². The van der Waals surface area contributed by atoms with Gasteiger partial charge in [-0.05, 0) is 32.6 Å².